The molecule has 0 aromatic rings. The first kappa shape index (κ1) is 12.7. The van der Waals surface area contributed by atoms with Crippen LogP contribution in [0.25, 0.3) is 0 Å². The van der Waals surface area contributed by atoms with Crippen LogP contribution in [0.3, 0.4) is 0 Å². The largest absolute Gasteiger partial charge is 0.395 e. The third kappa shape index (κ3) is 4.63. The summed E-state index contributed by atoms with van der Waals surface area (Å²) in [6, 6.07) is -1.20. The summed E-state index contributed by atoms with van der Waals surface area (Å²) < 4.78 is 0. The zero-order valence-corrected chi connectivity index (χ0v) is 7.99. The molecule has 0 aliphatic carbocycles. The molecule has 0 heterocycles. The number of amides is 4. The molecule has 7 heteroatoms. The molecule has 7 nitrogen and oxygen atoms in total. The highest BCUT2D eigenvalue weighted by Crippen LogP contribution is 1.84. The van der Waals surface area contributed by atoms with Crippen molar-refractivity contribution in [1.29, 1.82) is 0 Å². The lowest BCUT2D eigenvalue weighted by atomic mass is 10.6. The number of carbonyl (C=O) groups excluding carboxylic acids is 2. The monoisotopic (exact) mass is 205 g/mol. The van der Waals surface area contributed by atoms with Crippen LogP contribution in [0.15, 0.2) is 0 Å². The van der Waals surface area contributed by atoms with E-state index in [0.29, 0.717) is 0 Å². The minimum Gasteiger partial charge on any atom is -0.395 e. The third-order valence-corrected chi connectivity index (χ3v) is 1.39. The zero-order valence-electron chi connectivity index (χ0n) is 7.99. The standard InChI is InChI=1S/C7H15N3O4/c1-10(6(13)8-2-4-11)7(14)9-3-5-12/h11-12H,2-5H2,1H3,(H,8,13)(H,9,14). The predicted octanol–water partition coefficient (Wildman–Crippen LogP) is -1.68. The zero-order chi connectivity index (χ0) is 11.0. The van der Waals surface area contributed by atoms with Crippen LogP contribution in [0.5, 0.6) is 0 Å². The SMILES string of the molecule is CN(C(=O)NCCO)C(=O)NCCO. The summed E-state index contributed by atoms with van der Waals surface area (Å²) in [5.41, 5.74) is 0. The molecule has 0 fully saturated rings. The molecule has 4 amide bonds. The van der Waals surface area contributed by atoms with Crippen LogP contribution >= 0.6 is 0 Å². The van der Waals surface area contributed by atoms with Crippen molar-refractivity contribution in [2.75, 3.05) is 33.4 Å². The van der Waals surface area contributed by atoms with Gasteiger partial charge in [-0.25, -0.2) is 14.5 Å². The quantitative estimate of drug-likeness (QED) is 0.440. The van der Waals surface area contributed by atoms with Crippen molar-refractivity contribution in [3.8, 4) is 0 Å². The van der Waals surface area contributed by atoms with E-state index in [-0.39, 0.29) is 26.3 Å². The first-order valence-electron chi connectivity index (χ1n) is 4.14. The van der Waals surface area contributed by atoms with Gasteiger partial charge in [-0.3, -0.25) is 0 Å². The van der Waals surface area contributed by atoms with Gasteiger partial charge in [-0.15, -0.1) is 0 Å². The van der Waals surface area contributed by atoms with Gasteiger partial charge in [0.05, 0.1) is 13.2 Å². The number of hydrogen-bond acceptors (Lipinski definition) is 4. The summed E-state index contributed by atoms with van der Waals surface area (Å²) in [7, 11) is 1.29. The number of imide groups is 1. The van der Waals surface area contributed by atoms with Gasteiger partial charge in [0.2, 0.25) is 0 Å². The molecule has 82 valence electrons. The Bertz CT molecular complexity index is 177. The van der Waals surface area contributed by atoms with Gasteiger partial charge in [0.25, 0.3) is 0 Å². The van der Waals surface area contributed by atoms with Crippen molar-refractivity contribution in [3.05, 3.63) is 0 Å². The minimum absolute atomic E-state index is 0.0937. The van der Waals surface area contributed by atoms with Crippen molar-refractivity contribution in [2.24, 2.45) is 0 Å². The van der Waals surface area contributed by atoms with E-state index in [1.807, 2.05) is 0 Å². The fourth-order valence-electron chi connectivity index (χ4n) is 0.655. The molecule has 0 aliphatic rings. The average molecular weight is 205 g/mol. The van der Waals surface area contributed by atoms with Gasteiger partial charge in [-0.05, 0) is 0 Å². The Morgan fingerprint density at radius 2 is 1.43 bits per heavy atom. The van der Waals surface area contributed by atoms with E-state index < -0.39 is 12.1 Å². The Kier molecular flexibility index (Phi) is 6.42. The first-order valence-corrected chi connectivity index (χ1v) is 4.14. The van der Waals surface area contributed by atoms with E-state index >= 15 is 0 Å². The summed E-state index contributed by atoms with van der Waals surface area (Å²) in [6.45, 7) is -0.178. The highest BCUT2D eigenvalue weighted by molar-refractivity contribution is 5.93. The van der Waals surface area contributed by atoms with E-state index in [4.69, 9.17) is 10.2 Å². The number of aliphatic hydroxyl groups is 2. The van der Waals surface area contributed by atoms with E-state index in [1.54, 1.807) is 0 Å². The highest BCUT2D eigenvalue weighted by atomic mass is 16.3. The minimum atomic E-state index is -0.602. The summed E-state index contributed by atoms with van der Waals surface area (Å²) in [4.78, 5) is 23.0. The molecule has 4 N–H and O–H groups in total. The number of hydrogen-bond donors (Lipinski definition) is 4. The maximum Gasteiger partial charge on any atom is 0.325 e. The van der Waals surface area contributed by atoms with E-state index in [9.17, 15) is 9.59 Å². The molecular weight excluding hydrogens is 190 g/mol. The molecule has 0 saturated carbocycles. The van der Waals surface area contributed by atoms with Crippen LogP contribution in [0.1, 0.15) is 0 Å². The smallest absolute Gasteiger partial charge is 0.325 e. The van der Waals surface area contributed by atoms with E-state index in [0.717, 1.165) is 4.90 Å². The third-order valence-electron chi connectivity index (χ3n) is 1.39. The lowest BCUT2D eigenvalue weighted by molar-refractivity contribution is 0.189. The van der Waals surface area contributed by atoms with Crippen molar-refractivity contribution in [1.82, 2.24) is 15.5 Å². The molecule has 0 aromatic carbocycles. The molecular formula is C7H15N3O4. The van der Waals surface area contributed by atoms with Crippen LogP contribution in [0.4, 0.5) is 9.59 Å². The summed E-state index contributed by atoms with van der Waals surface area (Å²) in [5, 5.41) is 21.4. The Hall–Kier alpha value is -1.34. The maximum atomic E-state index is 11.1. The Morgan fingerprint density at radius 1 is 1.07 bits per heavy atom. The fraction of sp³-hybridized carbons (Fsp3) is 0.714. The molecule has 0 saturated heterocycles. The van der Waals surface area contributed by atoms with Gasteiger partial charge in [0, 0.05) is 20.1 Å². The van der Waals surface area contributed by atoms with Gasteiger partial charge in [-0.1, -0.05) is 0 Å². The van der Waals surface area contributed by atoms with E-state index in [2.05, 4.69) is 10.6 Å². The first-order chi connectivity index (χ1) is 6.63. The summed E-state index contributed by atoms with van der Waals surface area (Å²) >= 11 is 0. The van der Waals surface area contributed by atoms with Gasteiger partial charge in [0.15, 0.2) is 0 Å². The summed E-state index contributed by atoms with van der Waals surface area (Å²) in [5.74, 6) is 0. The fourth-order valence-corrected chi connectivity index (χ4v) is 0.655. The molecule has 0 rings (SSSR count). The lowest BCUT2D eigenvalue weighted by Crippen LogP contribution is -2.47. The molecule has 0 aromatic heterocycles. The highest BCUT2D eigenvalue weighted by Gasteiger charge is 2.14. The second-order valence-electron chi connectivity index (χ2n) is 2.47. The lowest BCUT2D eigenvalue weighted by Gasteiger charge is -2.16. The van der Waals surface area contributed by atoms with Crippen LogP contribution in [-0.2, 0) is 0 Å². The van der Waals surface area contributed by atoms with Gasteiger partial charge in [-0.2, -0.15) is 0 Å². The normalized spacial score (nSPS) is 9.36. The average Bonchev–Trinajstić information content (AvgIpc) is 2.21. The van der Waals surface area contributed by atoms with Crippen molar-refractivity contribution >= 4 is 12.1 Å². The Labute approximate surface area is 81.7 Å². The molecule has 14 heavy (non-hydrogen) atoms. The van der Waals surface area contributed by atoms with Crippen LogP contribution in [0, 0.1) is 0 Å². The molecule has 0 atom stereocenters. The van der Waals surface area contributed by atoms with Crippen molar-refractivity contribution in [2.45, 2.75) is 0 Å². The van der Waals surface area contributed by atoms with Crippen LogP contribution in [0.2, 0.25) is 0 Å². The van der Waals surface area contributed by atoms with Crippen LogP contribution in [-0.4, -0.2) is 60.5 Å². The second kappa shape index (κ2) is 7.10. The number of rotatable bonds is 4. The Balaban J connectivity index is 3.85. The second-order valence-corrected chi connectivity index (χ2v) is 2.47. The maximum absolute atomic E-state index is 11.1. The predicted molar refractivity (Wildman–Crippen MR) is 48.7 cm³/mol. The molecule has 0 radical (unpaired) electrons. The van der Waals surface area contributed by atoms with Crippen molar-refractivity contribution < 1.29 is 19.8 Å². The Morgan fingerprint density at radius 3 is 1.71 bits per heavy atom. The van der Waals surface area contributed by atoms with Gasteiger partial charge >= 0.3 is 12.1 Å². The molecule has 0 unspecified atom stereocenters. The topological polar surface area (TPSA) is 102 Å². The van der Waals surface area contributed by atoms with Crippen LogP contribution < -0.4 is 10.6 Å². The van der Waals surface area contributed by atoms with E-state index in [1.165, 1.54) is 7.05 Å². The number of carbonyl (C=O) groups is 2. The van der Waals surface area contributed by atoms with Gasteiger partial charge in [0.1, 0.15) is 0 Å². The summed E-state index contributed by atoms with van der Waals surface area (Å²) in [6.07, 6.45) is 0. The molecule has 0 spiro atoms. The number of nitrogens with zero attached hydrogens (tertiary/aromatic N) is 1. The number of nitrogens with one attached hydrogen (secondary N) is 2. The van der Waals surface area contributed by atoms with Crippen molar-refractivity contribution in [3.63, 3.8) is 0 Å². The molecule has 0 bridgehead atoms. The van der Waals surface area contributed by atoms with Gasteiger partial charge < -0.3 is 20.8 Å². The molecule has 0 aliphatic heterocycles. The number of urea groups is 2. The number of aliphatic hydroxyl groups excluding tert-OH is 2.